The van der Waals surface area contributed by atoms with Gasteiger partial charge in [-0.05, 0) is 122 Å². The minimum Gasteiger partial charge on any atom is -0.465 e. The number of carbonyl (C=O) groups excluding carboxylic acids is 5. The number of esters is 5. The van der Waals surface area contributed by atoms with Gasteiger partial charge in [0.1, 0.15) is 0 Å². The number of ether oxygens (including phenoxy) is 5. The smallest absolute Gasteiger partial charge is 0.330 e. The molecule has 0 aliphatic heterocycles. The van der Waals surface area contributed by atoms with Gasteiger partial charge in [0.15, 0.2) is 0 Å². The number of carbonyl (C=O) groups is 5. The lowest BCUT2D eigenvalue weighted by Gasteiger charge is -2.29. The molecule has 0 heterocycles. The number of nitrogens with zero attached hydrogens (tertiary/aromatic N) is 5. The molecule has 0 saturated heterocycles. The van der Waals surface area contributed by atoms with Crippen molar-refractivity contribution >= 4 is 29.8 Å². The molecule has 592 valence electrons. The van der Waals surface area contributed by atoms with Gasteiger partial charge in [-0.15, -0.1) is 0 Å². The van der Waals surface area contributed by atoms with E-state index < -0.39 is 0 Å². The first kappa shape index (κ1) is 104. The van der Waals surface area contributed by atoms with Crippen molar-refractivity contribution in [3.8, 4) is 0 Å². The summed E-state index contributed by atoms with van der Waals surface area (Å²) < 4.78 is 27.4. The highest BCUT2D eigenvalue weighted by Crippen LogP contribution is 2.18. The van der Waals surface area contributed by atoms with Crippen molar-refractivity contribution in [2.45, 2.75) is 271 Å². The van der Waals surface area contributed by atoms with Crippen molar-refractivity contribution in [1.82, 2.24) is 40.4 Å². The predicted molar refractivity (Wildman–Crippen MR) is 421 cm³/mol. The largest absolute Gasteiger partial charge is 0.465 e. The third-order valence-electron chi connectivity index (χ3n) is 18.3. The molecule has 0 fully saturated rings. The first-order chi connectivity index (χ1) is 47.4. The topological polar surface area (TPSA) is 210 Å². The van der Waals surface area contributed by atoms with Crippen molar-refractivity contribution in [3.05, 3.63) is 12.7 Å². The van der Waals surface area contributed by atoms with E-state index in [2.05, 4.69) is 144 Å². The van der Waals surface area contributed by atoms with E-state index in [1.54, 1.807) is 0 Å². The molecule has 5 N–H and O–H groups in total. The Labute approximate surface area is 612 Å². The van der Waals surface area contributed by atoms with Crippen LogP contribution in [0.25, 0.3) is 0 Å². The van der Waals surface area contributed by atoms with Gasteiger partial charge < -0.3 is 69.9 Å². The first-order valence-corrected chi connectivity index (χ1v) is 40.1. The van der Waals surface area contributed by atoms with Crippen LogP contribution in [0, 0.1) is 29.6 Å². The Balaban J connectivity index is -0.000000489. The molecular formula is C80H167N9O10. The van der Waals surface area contributed by atoms with Crippen LogP contribution in [-0.2, 0) is 47.7 Å². The Morgan fingerprint density at radius 2 is 0.657 bits per heavy atom. The van der Waals surface area contributed by atoms with Gasteiger partial charge in [-0.1, -0.05) is 200 Å². The normalized spacial score (nSPS) is 12.7. The van der Waals surface area contributed by atoms with Crippen molar-refractivity contribution in [2.24, 2.45) is 35.3 Å². The molecule has 0 aromatic rings. The molecule has 0 aromatic carbocycles. The molecular weight excluding hydrogens is 1250 g/mol. The third kappa shape index (κ3) is 71.5. The summed E-state index contributed by atoms with van der Waals surface area (Å²) >= 11 is 0. The third-order valence-corrected chi connectivity index (χ3v) is 18.3. The van der Waals surface area contributed by atoms with Crippen LogP contribution in [0.1, 0.15) is 271 Å². The lowest BCUT2D eigenvalue weighted by molar-refractivity contribution is -0.147. The molecule has 99 heavy (non-hydrogen) atoms. The van der Waals surface area contributed by atoms with Gasteiger partial charge in [0.05, 0.1) is 58.7 Å². The molecule has 5 unspecified atom stereocenters. The van der Waals surface area contributed by atoms with Crippen LogP contribution in [0.4, 0.5) is 0 Å². The molecule has 0 aliphatic carbocycles. The fourth-order valence-electron chi connectivity index (χ4n) is 10.9. The Bertz CT molecular complexity index is 1720. The van der Waals surface area contributed by atoms with E-state index in [0.717, 1.165) is 182 Å². The fraction of sp³-hybridized carbons (Fsp3) is 0.912. The quantitative estimate of drug-likeness (QED) is 0.0193. The molecule has 0 saturated carbocycles. The second-order valence-corrected chi connectivity index (χ2v) is 27.1. The van der Waals surface area contributed by atoms with Gasteiger partial charge in [-0.3, -0.25) is 19.2 Å². The van der Waals surface area contributed by atoms with Crippen LogP contribution >= 0.6 is 0 Å². The Kier molecular flexibility index (Phi) is 84.8. The molecule has 0 aliphatic rings. The van der Waals surface area contributed by atoms with E-state index >= 15 is 0 Å². The highest BCUT2D eigenvalue weighted by Gasteiger charge is 2.19. The minimum atomic E-state index is -0.310. The van der Waals surface area contributed by atoms with Gasteiger partial charge in [0, 0.05) is 111 Å². The summed E-state index contributed by atoms with van der Waals surface area (Å²) in [5, 5.41) is 9.68. The van der Waals surface area contributed by atoms with E-state index in [4.69, 9.17) is 29.4 Å². The van der Waals surface area contributed by atoms with Crippen LogP contribution in [0.5, 0.6) is 0 Å². The SMILES string of the molecule is C.C=CC(=O)OCC(CC)CCCC.CCCCC(CC)COC(=O)CCN(C)CCN(CCC)CCN(CCC(=O)OCC(CC)CCCC)CCC(=O)OCC(CC)CCCC.CCCCC(CC)COC(=O)CCNCCN(CCC)CCNC.CCCN(CCN)CCNC. The van der Waals surface area contributed by atoms with Crippen molar-refractivity contribution < 1.29 is 47.7 Å². The van der Waals surface area contributed by atoms with Crippen LogP contribution in [0.15, 0.2) is 12.7 Å². The summed E-state index contributed by atoms with van der Waals surface area (Å²) in [5.74, 6) is 1.53. The molecule has 0 bridgehead atoms. The summed E-state index contributed by atoms with van der Waals surface area (Å²) in [7, 11) is 6.03. The second kappa shape index (κ2) is 80.4. The van der Waals surface area contributed by atoms with Gasteiger partial charge in [0.2, 0.25) is 0 Å². The molecule has 0 amide bonds. The number of rotatable bonds is 66. The van der Waals surface area contributed by atoms with Gasteiger partial charge in [-0.25, -0.2) is 4.79 Å². The molecule has 5 atom stereocenters. The van der Waals surface area contributed by atoms with Gasteiger partial charge >= 0.3 is 29.8 Å². The lowest BCUT2D eigenvalue weighted by atomic mass is 10.0. The highest BCUT2D eigenvalue weighted by molar-refractivity contribution is 5.81. The number of nitrogens with one attached hydrogen (secondary N) is 3. The Morgan fingerprint density at radius 3 is 0.970 bits per heavy atom. The summed E-state index contributed by atoms with van der Waals surface area (Å²) in [6.45, 7) is 51.4. The number of unbranched alkanes of at least 4 members (excludes halogenated alkanes) is 5. The molecule has 19 heteroatoms. The molecule has 0 aromatic heterocycles. The van der Waals surface area contributed by atoms with Crippen molar-refractivity contribution in [2.75, 3.05) is 179 Å². The molecule has 0 rings (SSSR count). The number of likely N-dealkylation sites (N-methyl/N-ethyl adjacent to an activating group) is 3. The van der Waals surface area contributed by atoms with E-state index in [9.17, 15) is 24.0 Å². The summed E-state index contributed by atoms with van der Waals surface area (Å²) in [6, 6.07) is 0. The zero-order valence-electron chi connectivity index (χ0n) is 67.1. The average Bonchev–Trinajstić information content (AvgIpc) is 1.24. The lowest BCUT2D eigenvalue weighted by Crippen LogP contribution is -2.41. The Morgan fingerprint density at radius 1 is 0.364 bits per heavy atom. The number of hydrogen-bond donors (Lipinski definition) is 4. The van der Waals surface area contributed by atoms with Crippen LogP contribution in [-0.4, -0.2) is 233 Å². The van der Waals surface area contributed by atoms with E-state index in [-0.39, 0.29) is 37.3 Å². The van der Waals surface area contributed by atoms with E-state index in [0.29, 0.717) is 114 Å². The maximum Gasteiger partial charge on any atom is 0.330 e. The maximum atomic E-state index is 12.7. The predicted octanol–water partition coefficient (Wildman–Crippen LogP) is 14.5. The van der Waals surface area contributed by atoms with Crippen molar-refractivity contribution in [1.29, 1.82) is 0 Å². The molecule has 0 spiro atoms. The number of nitrogens with two attached hydrogens (primary N) is 1. The molecule has 0 radical (unpaired) electrons. The molecule has 19 nitrogen and oxygen atoms in total. The Hall–Kier alpha value is -3.27. The standard InChI is InChI=1S/C41H81N3O6.C19H41N3O2.C11H20O2.C8H21N3.CH4/c1-9-16-19-36(13-5)33-48-39(45)22-26-42(8)29-30-43(25-12-4)31-32-44(27-23-40(46)49-34-37(14-6)20-17-10-2)28-24-41(47)50-35-38(15-7)21-18-11-3;1-5-8-9-18(7-3)17-24-19(23)10-11-21-13-16-22(14-6-2)15-12-20-4;1-4-7-8-10(5-2)9-13-11(12)6-3;1-3-6-11(7-4-9)8-5-10-2;/h36-38H,9-35H2,1-8H3;18,20-21H,5-17H2,1-4H3;6,10H,3-5,7-9H2,1-2H3;10H,3-9H2,1-2H3;1H4. The maximum absolute atomic E-state index is 12.7. The summed E-state index contributed by atoms with van der Waals surface area (Å²) in [4.78, 5) is 72.2. The van der Waals surface area contributed by atoms with E-state index in [1.165, 1.54) is 70.4 Å². The second-order valence-electron chi connectivity index (χ2n) is 27.1. The van der Waals surface area contributed by atoms with Gasteiger partial charge in [0.25, 0.3) is 0 Å². The first-order valence-electron chi connectivity index (χ1n) is 40.1. The monoisotopic (exact) mass is 1410 g/mol. The number of hydrogen-bond acceptors (Lipinski definition) is 19. The zero-order valence-corrected chi connectivity index (χ0v) is 67.1. The summed E-state index contributed by atoms with van der Waals surface area (Å²) in [6.07, 6.45) is 28.8. The highest BCUT2D eigenvalue weighted by atomic mass is 16.5. The summed E-state index contributed by atoms with van der Waals surface area (Å²) in [5.41, 5.74) is 5.47. The van der Waals surface area contributed by atoms with Crippen LogP contribution < -0.4 is 21.7 Å². The zero-order chi connectivity index (χ0) is 74.1. The van der Waals surface area contributed by atoms with Crippen LogP contribution in [0.3, 0.4) is 0 Å². The fourth-order valence-corrected chi connectivity index (χ4v) is 10.9. The average molecular weight is 1420 g/mol. The van der Waals surface area contributed by atoms with Crippen molar-refractivity contribution in [3.63, 3.8) is 0 Å². The van der Waals surface area contributed by atoms with Crippen LogP contribution in [0.2, 0.25) is 0 Å². The van der Waals surface area contributed by atoms with Gasteiger partial charge in [-0.2, -0.15) is 0 Å². The minimum absolute atomic E-state index is 0. The van der Waals surface area contributed by atoms with E-state index in [1.807, 2.05) is 14.1 Å².